The summed E-state index contributed by atoms with van der Waals surface area (Å²) in [5, 5.41) is 5.57. The second-order valence-corrected chi connectivity index (χ2v) is 7.59. The van der Waals surface area contributed by atoms with Gasteiger partial charge in [0.25, 0.3) is 0 Å². The van der Waals surface area contributed by atoms with E-state index in [4.69, 9.17) is 9.47 Å². The van der Waals surface area contributed by atoms with Crippen LogP contribution >= 0.6 is 0 Å². The lowest BCUT2D eigenvalue weighted by Crippen LogP contribution is -2.42. The summed E-state index contributed by atoms with van der Waals surface area (Å²) in [5.74, 6) is 1.18. The summed E-state index contributed by atoms with van der Waals surface area (Å²) in [5.41, 5.74) is 1.24. The number of carbonyl (C=O) groups is 2. The molecule has 0 saturated carbocycles. The zero-order valence-electron chi connectivity index (χ0n) is 17.2. The van der Waals surface area contributed by atoms with E-state index in [1.165, 1.54) is 0 Å². The number of hydrogen-bond donors (Lipinski definition) is 2. The molecule has 29 heavy (non-hydrogen) atoms. The number of benzene rings is 2. The van der Waals surface area contributed by atoms with Crippen molar-refractivity contribution in [2.45, 2.75) is 27.2 Å². The minimum absolute atomic E-state index is 0.0349. The zero-order chi connectivity index (χ0) is 21.0. The Morgan fingerprint density at radius 2 is 1.97 bits per heavy atom. The van der Waals surface area contributed by atoms with Gasteiger partial charge in [0.2, 0.25) is 5.91 Å². The number of amides is 3. The Kier molecular flexibility index (Phi) is 5.96. The van der Waals surface area contributed by atoms with Crippen LogP contribution in [-0.4, -0.2) is 32.2 Å². The fourth-order valence-corrected chi connectivity index (χ4v) is 3.20. The molecule has 1 aliphatic heterocycles. The third-order valence-electron chi connectivity index (χ3n) is 4.72. The molecule has 0 fully saturated rings. The number of nitrogens with zero attached hydrogens (tertiary/aromatic N) is 1. The summed E-state index contributed by atoms with van der Waals surface area (Å²) >= 11 is 0. The molecule has 2 aromatic rings. The maximum atomic E-state index is 12.9. The van der Waals surface area contributed by atoms with Crippen LogP contribution in [0.4, 0.5) is 21.9 Å². The number of ether oxygens (including phenoxy) is 2. The van der Waals surface area contributed by atoms with Crippen molar-refractivity contribution < 1.29 is 19.1 Å². The molecular weight excluding hydrogens is 370 g/mol. The maximum absolute atomic E-state index is 12.9. The number of rotatable bonds is 5. The minimum atomic E-state index is -0.622. The molecule has 3 amide bonds. The van der Waals surface area contributed by atoms with Crippen LogP contribution in [0.2, 0.25) is 0 Å². The number of carbonyl (C=O) groups excluding carboxylic acids is 2. The molecule has 0 aromatic heterocycles. The number of methoxy groups -OCH3 is 1. The largest absolute Gasteiger partial charge is 0.495 e. The number of urea groups is 1. The van der Waals surface area contributed by atoms with Crippen LogP contribution in [0.15, 0.2) is 42.5 Å². The van der Waals surface area contributed by atoms with Gasteiger partial charge < -0.3 is 25.0 Å². The number of para-hydroxylation sites is 2. The van der Waals surface area contributed by atoms with E-state index in [0.717, 1.165) is 12.1 Å². The van der Waals surface area contributed by atoms with E-state index < -0.39 is 11.4 Å². The van der Waals surface area contributed by atoms with Crippen molar-refractivity contribution in [3.05, 3.63) is 42.5 Å². The predicted molar refractivity (Wildman–Crippen MR) is 114 cm³/mol. The van der Waals surface area contributed by atoms with Gasteiger partial charge in [0.15, 0.2) is 0 Å². The summed E-state index contributed by atoms with van der Waals surface area (Å²) in [4.78, 5) is 27.1. The van der Waals surface area contributed by atoms with Gasteiger partial charge in [0.1, 0.15) is 18.1 Å². The average Bonchev–Trinajstić information content (AvgIpc) is 2.79. The van der Waals surface area contributed by atoms with Crippen molar-refractivity contribution in [2.24, 2.45) is 5.41 Å². The molecule has 1 heterocycles. The smallest absolute Gasteiger partial charge is 0.323 e. The summed E-state index contributed by atoms with van der Waals surface area (Å²) in [6.07, 6.45) is 0.836. The standard InChI is InChI=1S/C22H27N3O4/c1-5-12-25-17-11-10-15(13-19(17)29-14-22(2,3)20(25)26)23-21(27)24-16-8-6-7-9-18(16)28-4/h6-11,13H,5,12,14H2,1-4H3,(H2,23,24,27). The third-order valence-corrected chi connectivity index (χ3v) is 4.72. The Hall–Kier alpha value is -3.22. The molecule has 7 nitrogen and oxygen atoms in total. The van der Waals surface area contributed by atoms with Crippen molar-refractivity contribution >= 4 is 29.0 Å². The summed E-state index contributed by atoms with van der Waals surface area (Å²) in [7, 11) is 1.55. The molecule has 0 unspecified atom stereocenters. The highest BCUT2D eigenvalue weighted by Crippen LogP contribution is 2.38. The SMILES string of the molecule is CCCN1C(=O)C(C)(C)COc2cc(NC(=O)Nc3ccccc3OC)ccc21. The van der Waals surface area contributed by atoms with E-state index in [0.29, 0.717) is 29.4 Å². The highest BCUT2D eigenvalue weighted by Gasteiger charge is 2.37. The van der Waals surface area contributed by atoms with Gasteiger partial charge in [0, 0.05) is 18.3 Å². The number of nitrogens with one attached hydrogen (secondary N) is 2. The van der Waals surface area contributed by atoms with Gasteiger partial charge in [-0.1, -0.05) is 19.1 Å². The Bertz CT molecular complexity index is 911. The fourth-order valence-electron chi connectivity index (χ4n) is 3.20. The van der Waals surface area contributed by atoms with E-state index in [-0.39, 0.29) is 12.5 Å². The van der Waals surface area contributed by atoms with Crippen molar-refractivity contribution in [2.75, 3.05) is 35.8 Å². The molecule has 2 N–H and O–H groups in total. The Morgan fingerprint density at radius 3 is 2.69 bits per heavy atom. The van der Waals surface area contributed by atoms with Crippen molar-refractivity contribution in [1.82, 2.24) is 0 Å². The first-order valence-corrected chi connectivity index (χ1v) is 9.65. The second kappa shape index (κ2) is 8.43. The molecule has 3 rings (SSSR count). The average molecular weight is 397 g/mol. The fraction of sp³-hybridized carbons (Fsp3) is 0.364. The van der Waals surface area contributed by atoms with Gasteiger partial charge in [-0.15, -0.1) is 0 Å². The van der Waals surface area contributed by atoms with Gasteiger partial charge in [-0.25, -0.2) is 4.79 Å². The second-order valence-electron chi connectivity index (χ2n) is 7.59. The van der Waals surface area contributed by atoms with Crippen LogP contribution in [0.3, 0.4) is 0 Å². The molecule has 1 aliphatic rings. The van der Waals surface area contributed by atoms with Gasteiger partial charge in [-0.3, -0.25) is 4.79 Å². The molecule has 0 atom stereocenters. The van der Waals surface area contributed by atoms with E-state index in [1.807, 2.05) is 39.0 Å². The van der Waals surface area contributed by atoms with Crippen molar-refractivity contribution in [1.29, 1.82) is 0 Å². The van der Waals surface area contributed by atoms with Crippen LogP contribution in [0.25, 0.3) is 0 Å². The highest BCUT2D eigenvalue weighted by atomic mass is 16.5. The topological polar surface area (TPSA) is 79.9 Å². The normalized spacial score (nSPS) is 15.0. The van der Waals surface area contributed by atoms with Gasteiger partial charge >= 0.3 is 6.03 Å². The molecule has 7 heteroatoms. The van der Waals surface area contributed by atoms with Crippen LogP contribution in [0.5, 0.6) is 11.5 Å². The van der Waals surface area contributed by atoms with Crippen LogP contribution in [0.1, 0.15) is 27.2 Å². The molecule has 2 aromatic carbocycles. The van der Waals surface area contributed by atoms with Gasteiger partial charge in [0.05, 0.1) is 23.9 Å². The van der Waals surface area contributed by atoms with E-state index in [1.54, 1.807) is 36.3 Å². The number of anilines is 3. The Balaban J connectivity index is 1.80. The molecule has 0 spiro atoms. The molecule has 0 aliphatic carbocycles. The van der Waals surface area contributed by atoms with Gasteiger partial charge in [-0.05, 0) is 44.5 Å². The first kappa shape index (κ1) is 20.5. The van der Waals surface area contributed by atoms with Crippen molar-refractivity contribution in [3.63, 3.8) is 0 Å². The molecule has 0 radical (unpaired) electrons. The predicted octanol–water partition coefficient (Wildman–Crippen LogP) is 4.50. The Morgan fingerprint density at radius 1 is 1.21 bits per heavy atom. The molecule has 154 valence electrons. The monoisotopic (exact) mass is 397 g/mol. The summed E-state index contributed by atoms with van der Waals surface area (Å²) in [6.45, 7) is 6.67. The van der Waals surface area contributed by atoms with Crippen LogP contribution < -0.4 is 25.0 Å². The highest BCUT2D eigenvalue weighted by molar-refractivity contribution is 6.02. The summed E-state index contributed by atoms with van der Waals surface area (Å²) in [6, 6.07) is 12.1. The lowest BCUT2D eigenvalue weighted by Gasteiger charge is -2.27. The van der Waals surface area contributed by atoms with E-state index in [9.17, 15) is 9.59 Å². The zero-order valence-corrected chi connectivity index (χ0v) is 17.2. The van der Waals surface area contributed by atoms with Crippen LogP contribution in [0, 0.1) is 5.41 Å². The Labute approximate surface area is 171 Å². The molecular formula is C22H27N3O4. The summed E-state index contributed by atoms with van der Waals surface area (Å²) < 4.78 is 11.2. The first-order valence-electron chi connectivity index (χ1n) is 9.65. The first-order chi connectivity index (χ1) is 13.9. The van der Waals surface area contributed by atoms with Crippen LogP contribution in [-0.2, 0) is 4.79 Å². The lowest BCUT2D eigenvalue weighted by molar-refractivity contribution is -0.127. The molecule has 0 saturated heterocycles. The minimum Gasteiger partial charge on any atom is -0.495 e. The quantitative estimate of drug-likeness (QED) is 0.778. The lowest BCUT2D eigenvalue weighted by atomic mass is 9.93. The van der Waals surface area contributed by atoms with Crippen molar-refractivity contribution in [3.8, 4) is 11.5 Å². The maximum Gasteiger partial charge on any atom is 0.323 e. The van der Waals surface area contributed by atoms with E-state index in [2.05, 4.69) is 10.6 Å². The van der Waals surface area contributed by atoms with Gasteiger partial charge in [-0.2, -0.15) is 0 Å². The third kappa shape index (κ3) is 4.45. The molecule has 0 bridgehead atoms. The van der Waals surface area contributed by atoms with E-state index >= 15 is 0 Å². The number of fused-ring (bicyclic) bond motifs is 1. The number of hydrogen-bond acceptors (Lipinski definition) is 4.